The average Bonchev–Trinajstić information content (AvgIpc) is 3.00. The van der Waals surface area contributed by atoms with E-state index < -0.39 is 0 Å². The summed E-state index contributed by atoms with van der Waals surface area (Å²) in [4.78, 5) is 18.5. The Morgan fingerprint density at radius 3 is 3.14 bits per heavy atom. The van der Waals surface area contributed by atoms with Gasteiger partial charge in [0.25, 0.3) is 0 Å². The molecule has 0 bridgehead atoms. The largest absolute Gasteiger partial charge is 0.384 e. The summed E-state index contributed by atoms with van der Waals surface area (Å²) >= 11 is 1.61. The van der Waals surface area contributed by atoms with Crippen molar-refractivity contribution in [2.24, 2.45) is 0 Å². The van der Waals surface area contributed by atoms with E-state index >= 15 is 0 Å². The molecule has 2 aromatic rings. The van der Waals surface area contributed by atoms with Crippen molar-refractivity contribution in [1.82, 2.24) is 9.88 Å². The number of thiophene rings is 1. The van der Waals surface area contributed by atoms with Crippen LogP contribution in [0, 0.1) is 0 Å². The van der Waals surface area contributed by atoms with Gasteiger partial charge in [0.1, 0.15) is 11.9 Å². The van der Waals surface area contributed by atoms with E-state index in [1.165, 1.54) is 0 Å². The molecule has 1 unspecified atom stereocenters. The van der Waals surface area contributed by atoms with Gasteiger partial charge in [-0.05, 0) is 34.5 Å². The Kier molecular flexibility index (Phi) is 4.17. The van der Waals surface area contributed by atoms with Crippen LogP contribution < -0.4 is 5.73 Å². The van der Waals surface area contributed by atoms with Crippen LogP contribution in [0.1, 0.15) is 17.4 Å². The van der Waals surface area contributed by atoms with Gasteiger partial charge >= 0.3 is 0 Å². The Balaban J connectivity index is 1.66. The maximum atomic E-state index is 12.3. The molecule has 21 heavy (non-hydrogen) atoms. The van der Waals surface area contributed by atoms with Gasteiger partial charge in [0.05, 0.1) is 25.3 Å². The summed E-state index contributed by atoms with van der Waals surface area (Å²) in [5.41, 5.74) is 7.55. The number of morpholine rings is 1. The molecular weight excluding hydrogens is 286 g/mol. The fraction of sp³-hybridized carbons (Fsp3) is 0.333. The molecule has 0 saturated carbocycles. The Hall–Kier alpha value is -1.92. The summed E-state index contributed by atoms with van der Waals surface area (Å²) in [5.74, 6) is 0.600. The summed E-state index contributed by atoms with van der Waals surface area (Å²) in [6, 6.07) is 7.47. The highest BCUT2D eigenvalue weighted by Gasteiger charge is 2.26. The molecule has 110 valence electrons. The van der Waals surface area contributed by atoms with E-state index in [1.807, 2.05) is 33.9 Å². The van der Waals surface area contributed by atoms with Crippen LogP contribution in [-0.4, -0.2) is 35.5 Å². The third kappa shape index (κ3) is 3.40. The standard InChI is InChI=1S/C15H17N3O2S/c16-14-3-1-2-12(17-14)13-9-18(5-6-20-13)15(19)8-11-4-7-21-10-11/h1-4,7,10,13H,5-6,8-9H2,(H2,16,17). The Morgan fingerprint density at radius 1 is 1.48 bits per heavy atom. The van der Waals surface area contributed by atoms with Gasteiger partial charge in [-0.2, -0.15) is 11.3 Å². The topological polar surface area (TPSA) is 68.5 Å². The van der Waals surface area contributed by atoms with E-state index in [4.69, 9.17) is 10.5 Å². The van der Waals surface area contributed by atoms with Crippen molar-refractivity contribution in [2.45, 2.75) is 12.5 Å². The molecule has 1 atom stereocenters. The predicted molar refractivity (Wildman–Crippen MR) is 81.9 cm³/mol. The van der Waals surface area contributed by atoms with Crippen molar-refractivity contribution < 1.29 is 9.53 Å². The fourth-order valence-corrected chi connectivity index (χ4v) is 3.05. The first-order valence-corrected chi connectivity index (χ1v) is 7.79. The number of hydrogen-bond acceptors (Lipinski definition) is 5. The second-order valence-electron chi connectivity index (χ2n) is 4.99. The lowest BCUT2D eigenvalue weighted by molar-refractivity contribution is -0.138. The van der Waals surface area contributed by atoms with Gasteiger partial charge in [0.15, 0.2) is 0 Å². The summed E-state index contributed by atoms with van der Waals surface area (Å²) in [6.07, 6.45) is 0.245. The average molecular weight is 303 g/mol. The number of ether oxygens (including phenoxy) is 1. The minimum absolute atomic E-state index is 0.130. The normalized spacial score (nSPS) is 18.7. The van der Waals surface area contributed by atoms with E-state index in [2.05, 4.69) is 4.98 Å². The number of aromatic nitrogens is 1. The Bertz CT molecular complexity index is 615. The number of nitrogens with zero attached hydrogens (tertiary/aromatic N) is 2. The minimum Gasteiger partial charge on any atom is -0.384 e. The van der Waals surface area contributed by atoms with Crippen LogP contribution >= 0.6 is 11.3 Å². The second kappa shape index (κ2) is 6.24. The SMILES string of the molecule is Nc1cccc(C2CN(C(=O)Cc3ccsc3)CCO2)n1. The third-order valence-electron chi connectivity index (χ3n) is 3.48. The summed E-state index contributed by atoms with van der Waals surface area (Å²) < 4.78 is 5.72. The zero-order valence-electron chi connectivity index (χ0n) is 11.6. The van der Waals surface area contributed by atoms with Crippen molar-refractivity contribution in [3.63, 3.8) is 0 Å². The predicted octanol–water partition coefficient (Wildman–Crippen LogP) is 1.87. The van der Waals surface area contributed by atoms with E-state index in [1.54, 1.807) is 17.4 Å². The van der Waals surface area contributed by atoms with Crippen LogP contribution in [0.3, 0.4) is 0 Å². The molecule has 0 radical (unpaired) electrons. The zero-order valence-corrected chi connectivity index (χ0v) is 12.4. The first-order chi connectivity index (χ1) is 10.2. The lowest BCUT2D eigenvalue weighted by atomic mass is 10.1. The molecule has 2 N–H and O–H groups in total. The first-order valence-electron chi connectivity index (χ1n) is 6.85. The van der Waals surface area contributed by atoms with Crippen LogP contribution in [0.4, 0.5) is 5.82 Å². The number of rotatable bonds is 3. The molecule has 1 fully saturated rings. The van der Waals surface area contributed by atoms with E-state index in [9.17, 15) is 4.79 Å². The van der Waals surface area contributed by atoms with Gasteiger partial charge in [-0.15, -0.1) is 0 Å². The maximum Gasteiger partial charge on any atom is 0.227 e. The quantitative estimate of drug-likeness (QED) is 0.940. The summed E-state index contributed by atoms with van der Waals surface area (Å²) in [5, 5.41) is 4.00. The Labute approximate surface area is 127 Å². The molecule has 0 aliphatic carbocycles. The lowest BCUT2D eigenvalue weighted by Crippen LogP contribution is -2.43. The van der Waals surface area contributed by atoms with Crippen LogP contribution in [0.15, 0.2) is 35.0 Å². The number of hydrogen-bond donors (Lipinski definition) is 1. The smallest absolute Gasteiger partial charge is 0.227 e. The summed E-state index contributed by atoms with van der Waals surface area (Å²) in [6.45, 7) is 1.68. The molecular formula is C15H17N3O2S. The van der Waals surface area contributed by atoms with E-state index in [-0.39, 0.29) is 12.0 Å². The molecule has 1 amide bonds. The van der Waals surface area contributed by atoms with Crippen molar-refractivity contribution in [2.75, 3.05) is 25.4 Å². The number of nitrogens with two attached hydrogens (primary N) is 1. The van der Waals surface area contributed by atoms with Crippen molar-refractivity contribution in [1.29, 1.82) is 0 Å². The van der Waals surface area contributed by atoms with Crippen LogP contribution in [0.5, 0.6) is 0 Å². The van der Waals surface area contributed by atoms with Crippen LogP contribution in [0.25, 0.3) is 0 Å². The van der Waals surface area contributed by atoms with Gasteiger partial charge in [-0.3, -0.25) is 4.79 Å². The second-order valence-corrected chi connectivity index (χ2v) is 5.77. The van der Waals surface area contributed by atoms with Gasteiger partial charge in [-0.1, -0.05) is 6.07 Å². The molecule has 3 heterocycles. The molecule has 1 aliphatic rings. The van der Waals surface area contributed by atoms with Crippen molar-refractivity contribution >= 4 is 23.1 Å². The van der Waals surface area contributed by atoms with Gasteiger partial charge in [0.2, 0.25) is 5.91 Å². The van der Waals surface area contributed by atoms with Crippen molar-refractivity contribution in [3.8, 4) is 0 Å². The highest BCUT2D eigenvalue weighted by molar-refractivity contribution is 7.07. The molecule has 3 rings (SSSR count). The molecule has 0 aromatic carbocycles. The van der Waals surface area contributed by atoms with Gasteiger partial charge in [-0.25, -0.2) is 4.98 Å². The highest BCUT2D eigenvalue weighted by atomic mass is 32.1. The lowest BCUT2D eigenvalue weighted by Gasteiger charge is -2.32. The number of amides is 1. The van der Waals surface area contributed by atoms with Gasteiger partial charge in [0, 0.05) is 6.54 Å². The molecule has 1 aliphatic heterocycles. The van der Waals surface area contributed by atoms with Gasteiger partial charge < -0.3 is 15.4 Å². The van der Waals surface area contributed by atoms with Crippen LogP contribution in [0.2, 0.25) is 0 Å². The first kappa shape index (κ1) is 14.0. The number of anilines is 1. The number of carbonyl (C=O) groups is 1. The minimum atomic E-state index is -0.200. The monoisotopic (exact) mass is 303 g/mol. The fourth-order valence-electron chi connectivity index (χ4n) is 2.38. The number of carbonyl (C=O) groups excluding carboxylic acids is 1. The van der Waals surface area contributed by atoms with E-state index in [0.29, 0.717) is 31.9 Å². The zero-order chi connectivity index (χ0) is 14.7. The number of nitrogen functional groups attached to an aromatic ring is 1. The van der Waals surface area contributed by atoms with Crippen molar-refractivity contribution in [3.05, 3.63) is 46.3 Å². The van der Waals surface area contributed by atoms with E-state index in [0.717, 1.165) is 11.3 Å². The molecule has 2 aromatic heterocycles. The molecule has 5 nitrogen and oxygen atoms in total. The Morgan fingerprint density at radius 2 is 2.38 bits per heavy atom. The highest BCUT2D eigenvalue weighted by Crippen LogP contribution is 2.22. The molecule has 6 heteroatoms. The molecule has 1 saturated heterocycles. The molecule has 0 spiro atoms. The third-order valence-corrected chi connectivity index (χ3v) is 4.21. The summed E-state index contributed by atoms with van der Waals surface area (Å²) in [7, 11) is 0. The number of pyridine rings is 1. The van der Waals surface area contributed by atoms with Crippen LogP contribution in [-0.2, 0) is 16.0 Å². The maximum absolute atomic E-state index is 12.3.